The van der Waals surface area contributed by atoms with Gasteiger partial charge in [0.2, 0.25) is 0 Å². The Morgan fingerprint density at radius 1 is 1.20 bits per heavy atom. The molecule has 84 valence electrons. The van der Waals surface area contributed by atoms with Crippen LogP contribution in [0.2, 0.25) is 5.02 Å². The zero-order valence-corrected chi connectivity index (χ0v) is 9.89. The van der Waals surface area contributed by atoms with Gasteiger partial charge in [-0.3, -0.25) is 0 Å². The highest BCUT2D eigenvalue weighted by Crippen LogP contribution is 2.10. The summed E-state index contributed by atoms with van der Waals surface area (Å²) in [5.74, 6) is 0. The highest BCUT2D eigenvalue weighted by molar-refractivity contribution is 6.30. The zero-order chi connectivity index (χ0) is 10.9. The summed E-state index contributed by atoms with van der Waals surface area (Å²) < 4.78 is 5.54. The van der Waals surface area contributed by atoms with Crippen molar-refractivity contribution in [2.45, 2.75) is 19.4 Å². The average Bonchev–Trinajstić information content (AvgIpc) is 2.26. The number of hydrogen-bond donors (Lipinski definition) is 1. The first-order chi connectivity index (χ1) is 7.33. The van der Waals surface area contributed by atoms with Crippen molar-refractivity contribution in [2.75, 3.05) is 20.2 Å². The van der Waals surface area contributed by atoms with Crippen molar-refractivity contribution in [2.24, 2.45) is 0 Å². The summed E-state index contributed by atoms with van der Waals surface area (Å²) in [6, 6.07) is 7.77. The van der Waals surface area contributed by atoms with E-state index >= 15 is 0 Å². The molecule has 0 amide bonds. The first kappa shape index (κ1) is 12.5. The van der Waals surface area contributed by atoms with Gasteiger partial charge >= 0.3 is 0 Å². The van der Waals surface area contributed by atoms with Gasteiger partial charge in [-0.1, -0.05) is 23.7 Å². The Morgan fingerprint density at radius 3 is 2.60 bits per heavy atom. The fraction of sp³-hybridized carbons (Fsp3) is 0.500. The topological polar surface area (TPSA) is 21.3 Å². The SMILES string of the molecule is CNCCCCOCc1ccc(Cl)cc1. The van der Waals surface area contributed by atoms with Crippen LogP contribution in [0, 0.1) is 0 Å². The van der Waals surface area contributed by atoms with Crippen molar-refractivity contribution in [3.63, 3.8) is 0 Å². The van der Waals surface area contributed by atoms with Crippen molar-refractivity contribution in [3.05, 3.63) is 34.9 Å². The van der Waals surface area contributed by atoms with Gasteiger partial charge in [0.1, 0.15) is 0 Å². The largest absolute Gasteiger partial charge is 0.377 e. The second-order valence-corrected chi connectivity index (χ2v) is 3.93. The lowest BCUT2D eigenvalue weighted by Gasteiger charge is -2.04. The van der Waals surface area contributed by atoms with Gasteiger partial charge in [-0.25, -0.2) is 0 Å². The number of rotatable bonds is 7. The van der Waals surface area contributed by atoms with E-state index in [0.717, 1.165) is 31.0 Å². The van der Waals surface area contributed by atoms with E-state index in [0.29, 0.717) is 6.61 Å². The van der Waals surface area contributed by atoms with E-state index in [1.165, 1.54) is 5.56 Å². The summed E-state index contributed by atoms with van der Waals surface area (Å²) in [6.07, 6.45) is 2.27. The fourth-order valence-electron chi connectivity index (χ4n) is 1.28. The summed E-state index contributed by atoms with van der Waals surface area (Å²) in [5, 5.41) is 3.88. The lowest BCUT2D eigenvalue weighted by molar-refractivity contribution is 0.117. The molecule has 0 aliphatic heterocycles. The van der Waals surface area contributed by atoms with E-state index in [-0.39, 0.29) is 0 Å². The maximum Gasteiger partial charge on any atom is 0.0716 e. The minimum absolute atomic E-state index is 0.677. The van der Waals surface area contributed by atoms with Gasteiger partial charge in [0.05, 0.1) is 6.61 Å². The van der Waals surface area contributed by atoms with E-state index in [1.54, 1.807) is 0 Å². The molecule has 3 heteroatoms. The summed E-state index contributed by atoms with van der Waals surface area (Å²) in [7, 11) is 1.97. The van der Waals surface area contributed by atoms with E-state index < -0.39 is 0 Å². The zero-order valence-electron chi connectivity index (χ0n) is 9.13. The third-order valence-electron chi connectivity index (χ3n) is 2.15. The molecule has 0 radical (unpaired) electrons. The molecule has 0 aromatic heterocycles. The normalized spacial score (nSPS) is 10.5. The Morgan fingerprint density at radius 2 is 1.93 bits per heavy atom. The minimum Gasteiger partial charge on any atom is -0.377 e. The molecule has 0 spiro atoms. The first-order valence-corrected chi connectivity index (χ1v) is 5.67. The molecule has 0 aliphatic carbocycles. The third kappa shape index (κ3) is 5.78. The summed E-state index contributed by atoms with van der Waals surface area (Å²) >= 11 is 5.78. The fourth-order valence-corrected chi connectivity index (χ4v) is 1.40. The molecular weight excluding hydrogens is 210 g/mol. The van der Waals surface area contributed by atoms with Crippen LogP contribution in [-0.2, 0) is 11.3 Å². The van der Waals surface area contributed by atoms with Gasteiger partial charge in [-0.05, 0) is 44.1 Å². The maximum atomic E-state index is 5.78. The third-order valence-corrected chi connectivity index (χ3v) is 2.40. The molecule has 0 atom stereocenters. The van der Waals surface area contributed by atoms with Crippen molar-refractivity contribution >= 4 is 11.6 Å². The van der Waals surface area contributed by atoms with Gasteiger partial charge in [0, 0.05) is 11.6 Å². The Labute approximate surface area is 96.6 Å². The molecule has 0 unspecified atom stereocenters. The first-order valence-electron chi connectivity index (χ1n) is 5.29. The molecule has 0 bridgehead atoms. The molecule has 1 N–H and O–H groups in total. The lowest BCUT2D eigenvalue weighted by atomic mass is 10.2. The summed E-state index contributed by atoms with van der Waals surface area (Å²) in [6.45, 7) is 2.56. The van der Waals surface area contributed by atoms with Gasteiger partial charge in [-0.2, -0.15) is 0 Å². The predicted octanol–water partition coefficient (Wildman–Crippen LogP) is 2.86. The summed E-state index contributed by atoms with van der Waals surface area (Å²) in [4.78, 5) is 0. The van der Waals surface area contributed by atoms with Crippen LogP contribution < -0.4 is 5.32 Å². The minimum atomic E-state index is 0.677. The van der Waals surface area contributed by atoms with Gasteiger partial charge in [0.15, 0.2) is 0 Å². The number of halogens is 1. The smallest absolute Gasteiger partial charge is 0.0716 e. The van der Waals surface area contributed by atoms with Crippen LogP contribution in [0.15, 0.2) is 24.3 Å². The molecule has 0 aliphatic rings. The number of hydrogen-bond acceptors (Lipinski definition) is 2. The Balaban J connectivity index is 2.07. The van der Waals surface area contributed by atoms with Crippen LogP contribution >= 0.6 is 11.6 Å². The van der Waals surface area contributed by atoms with Crippen molar-refractivity contribution in [1.29, 1.82) is 0 Å². The predicted molar refractivity (Wildman–Crippen MR) is 64.3 cm³/mol. The van der Waals surface area contributed by atoms with E-state index in [9.17, 15) is 0 Å². The highest BCUT2D eigenvalue weighted by Gasteiger charge is 1.93. The monoisotopic (exact) mass is 227 g/mol. The van der Waals surface area contributed by atoms with Gasteiger partial charge in [0.25, 0.3) is 0 Å². The number of unbranched alkanes of at least 4 members (excludes halogenated alkanes) is 1. The molecule has 15 heavy (non-hydrogen) atoms. The second kappa shape index (κ2) is 7.69. The van der Waals surface area contributed by atoms with E-state index in [1.807, 2.05) is 31.3 Å². The second-order valence-electron chi connectivity index (χ2n) is 3.49. The van der Waals surface area contributed by atoms with Crippen molar-refractivity contribution in [1.82, 2.24) is 5.32 Å². The molecule has 2 nitrogen and oxygen atoms in total. The maximum absolute atomic E-state index is 5.78. The lowest BCUT2D eigenvalue weighted by Crippen LogP contribution is -2.08. The van der Waals surface area contributed by atoms with Gasteiger partial charge < -0.3 is 10.1 Å². The van der Waals surface area contributed by atoms with Crippen molar-refractivity contribution in [3.8, 4) is 0 Å². The van der Waals surface area contributed by atoms with Crippen LogP contribution in [-0.4, -0.2) is 20.2 Å². The van der Waals surface area contributed by atoms with Crippen LogP contribution in [0.3, 0.4) is 0 Å². The molecule has 1 aromatic rings. The van der Waals surface area contributed by atoms with Crippen molar-refractivity contribution < 1.29 is 4.74 Å². The molecule has 0 saturated heterocycles. The standard InChI is InChI=1S/C12H18ClNO/c1-14-8-2-3-9-15-10-11-4-6-12(13)7-5-11/h4-7,14H,2-3,8-10H2,1H3. The van der Waals surface area contributed by atoms with Crippen LogP contribution in [0.1, 0.15) is 18.4 Å². The average molecular weight is 228 g/mol. The molecule has 0 heterocycles. The molecule has 0 fully saturated rings. The molecule has 1 rings (SSSR count). The molecule has 1 aromatic carbocycles. The number of ether oxygens (including phenoxy) is 1. The van der Waals surface area contributed by atoms with Crippen LogP contribution in [0.5, 0.6) is 0 Å². The van der Waals surface area contributed by atoms with Gasteiger partial charge in [-0.15, -0.1) is 0 Å². The van der Waals surface area contributed by atoms with Crippen LogP contribution in [0.25, 0.3) is 0 Å². The quantitative estimate of drug-likeness (QED) is 0.724. The molecular formula is C12H18ClNO. The Bertz CT molecular complexity index is 261. The van der Waals surface area contributed by atoms with E-state index in [2.05, 4.69) is 5.32 Å². The van der Waals surface area contributed by atoms with E-state index in [4.69, 9.17) is 16.3 Å². The Kier molecular flexibility index (Phi) is 6.41. The number of benzene rings is 1. The molecule has 0 saturated carbocycles. The summed E-state index contributed by atoms with van der Waals surface area (Å²) in [5.41, 5.74) is 1.17. The number of nitrogens with one attached hydrogen (secondary N) is 1. The van der Waals surface area contributed by atoms with Crippen LogP contribution in [0.4, 0.5) is 0 Å². The highest BCUT2D eigenvalue weighted by atomic mass is 35.5. The Hall–Kier alpha value is -0.570.